The lowest BCUT2D eigenvalue weighted by Crippen LogP contribution is -2.39. The Balaban J connectivity index is 1.64. The molecule has 0 atom stereocenters. The summed E-state index contributed by atoms with van der Waals surface area (Å²) in [5.74, 6) is -1.76. The van der Waals surface area contributed by atoms with Crippen molar-refractivity contribution in [2.75, 3.05) is 13.3 Å². The standard InChI is InChI=1S/C25H24F3NO5/c1-2-31-19-9-5-6-10-20(19)33-23-21(30)16-11-12-18-17(22(16)34-24(23)25(26,27)28)13-29(14-32-18)15-7-3-4-8-15/h5-6,9-12,15H,2-4,7-8,13-14H2,1H3. The van der Waals surface area contributed by atoms with Crippen molar-refractivity contribution < 1.29 is 31.8 Å². The molecule has 0 saturated heterocycles. The van der Waals surface area contributed by atoms with Crippen molar-refractivity contribution in [3.05, 3.63) is 57.9 Å². The first-order valence-corrected chi connectivity index (χ1v) is 11.3. The van der Waals surface area contributed by atoms with E-state index in [0.717, 1.165) is 25.7 Å². The molecule has 0 amide bonds. The largest absolute Gasteiger partial charge is 0.490 e. The number of hydrogen-bond donors (Lipinski definition) is 0. The molecule has 0 bridgehead atoms. The lowest BCUT2D eigenvalue weighted by molar-refractivity contribution is -0.154. The molecule has 0 unspecified atom stereocenters. The van der Waals surface area contributed by atoms with E-state index in [2.05, 4.69) is 4.90 Å². The summed E-state index contributed by atoms with van der Waals surface area (Å²) >= 11 is 0. The normalized spacial score (nSPS) is 16.9. The van der Waals surface area contributed by atoms with Crippen LogP contribution in [0.3, 0.4) is 0 Å². The molecule has 2 aromatic carbocycles. The minimum Gasteiger partial charge on any atom is -0.490 e. The second-order valence-corrected chi connectivity index (χ2v) is 8.45. The zero-order valence-electron chi connectivity index (χ0n) is 18.6. The summed E-state index contributed by atoms with van der Waals surface area (Å²) < 4.78 is 64.4. The maximum absolute atomic E-state index is 14.1. The maximum atomic E-state index is 14.1. The van der Waals surface area contributed by atoms with Crippen molar-refractivity contribution in [3.63, 3.8) is 0 Å². The monoisotopic (exact) mass is 475 g/mol. The van der Waals surface area contributed by atoms with Crippen molar-refractivity contribution in [2.45, 2.75) is 51.4 Å². The fourth-order valence-electron chi connectivity index (χ4n) is 4.67. The van der Waals surface area contributed by atoms with Crippen LogP contribution in [0, 0.1) is 0 Å². The van der Waals surface area contributed by atoms with Crippen LogP contribution in [0.5, 0.6) is 23.0 Å². The molecule has 1 aliphatic heterocycles. The lowest BCUT2D eigenvalue weighted by atomic mass is 10.1. The van der Waals surface area contributed by atoms with E-state index < -0.39 is 23.1 Å². The van der Waals surface area contributed by atoms with E-state index in [1.807, 2.05) is 0 Å². The van der Waals surface area contributed by atoms with Gasteiger partial charge in [-0.15, -0.1) is 0 Å². The zero-order valence-corrected chi connectivity index (χ0v) is 18.6. The summed E-state index contributed by atoms with van der Waals surface area (Å²) in [6, 6.07) is 9.57. The number of para-hydroxylation sites is 2. The molecule has 3 aromatic rings. The molecular weight excluding hydrogens is 451 g/mol. The lowest BCUT2D eigenvalue weighted by Gasteiger charge is -2.33. The van der Waals surface area contributed by atoms with Crippen molar-refractivity contribution in [1.82, 2.24) is 4.90 Å². The Kier molecular flexibility index (Phi) is 5.89. The van der Waals surface area contributed by atoms with E-state index in [0.29, 0.717) is 30.6 Å². The van der Waals surface area contributed by atoms with Crippen LogP contribution in [0.15, 0.2) is 45.6 Å². The predicted octanol–water partition coefficient (Wildman–Crippen LogP) is 6.10. The third kappa shape index (κ3) is 4.09. The molecular formula is C25H24F3NO5. The highest BCUT2D eigenvalue weighted by Gasteiger charge is 2.41. The first-order chi connectivity index (χ1) is 16.4. The molecule has 1 aromatic heterocycles. The van der Waals surface area contributed by atoms with Gasteiger partial charge in [-0.2, -0.15) is 13.2 Å². The van der Waals surface area contributed by atoms with E-state index in [-0.39, 0.29) is 29.1 Å². The smallest absolute Gasteiger partial charge is 0.453 e. The summed E-state index contributed by atoms with van der Waals surface area (Å²) in [6.45, 7) is 2.73. The van der Waals surface area contributed by atoms with E-state index >= 15 is 0 Å². The Morgan fingerprint density at radius 1 is 1.09 bits per heavy atom. The highest BCUT2D eigenvalue weighted by Crippen LogP contribution is 2.42. The summed E-state index contributed by atoms with van der Waals surface area (Å²) in [6.07, 6.45) is -0.703. The van der Waals surface area contributed by atoms with Crippen molar-refractivity contribution in [3.8, 4) is 23.0 Å². The Morgan fingerprint density at radius 3 is 2.53 bits per heavy atom. The van der Waals surface area contributed by atoms with Gasteiger partial charge in [0, 0.05) is 12.6 Å². The Morgan fingerprint density at radius 2 is 1.82 bits per heavy atom. The first kappa shape index (κ1) is 22.6. The third-order valence-corrected chi connectivity index (χ3v) is 6.29. The highest BCUT2D eigenvalue weighted by atomic mass is 19.4. The van der Waals surface area contributed by atoms with Gasteiger partial charge in [0.2, 0.25) is 11.2 Å². The van der Waals surface area contributed by atoms with Crippen LogP contribution in [0.1, 0.15) is 43.9 Å². The zero-order chi connectivity index (χ0) is 23.9. The molecule has 0 spiro atoms. The van der Waals surface area contributed by atoms with Gasteiger partial charge >= 0.3 is 6.18 Å². The quantitative estimate of drug-likeness (QED) is 0.445. The van der Waals surface area contributed by atoms with Crippen molar-refractivity contribution in [2.24, 2.45) is 0 Å². The fraction of sp³-hybridized carbons (Fsp3) is 0.400. The SMILES string of the molecule is CCOc1ccccc1Oc1c(C(F)(F)F)oc2c3c(ccc2c1=O)OCN(C1CCCC1)C3. The van der Waals surface area contributed by atoms with Crippen LogP contribution in [-0.2, 0) is 12.7 Å². The van der Waals surface area contributed by atoms with Gasteiger partial charge in [-0.05, 0) is 44.0 Å². The fourth-order valence-corrected chi connectivity index (χ4v) is 4.67. The number of alkyl halides is 3. The van der Waals surface area contributed by atoms with Gasteiger partial charge in [-0.3, -0.25) is 9.69 Å². The van der Waals surface area contributed by atoms with Crippen LogP contribution < -0.4 is 19.6 Å². The topological polar surface area (TPSA) is 61.1 Å². The summed E-state index contributed by atoms with van der Waals surface area (Å²) in [5, 5.41) is 0.00696. The number of rotatable bonds is 5. The molecule has 0 radical (unpaired) electrons. The molecule has 2 heterocycles. The van der Waals surface area contributed by atoms with Gasteiger partial charge < -0.3 is 18.6 Å². The maximum Gasteiger partial charge on any atom is 0.453 e. The molecule has 0 N–H and O–H groups in total. The average Bonchev–Trinajstić information content (AvgIpc) is 3.36. The van der Waals surface area contributed by atoms with Gasteiger partial charge in [0.25, 0.3) is 5.76 Å². The van der Waals surface area contributed by atoms with E-state index in [4.69, 9.17) is 18.6 Å². The predicted molar refractivity (Wildman–Crippen MR) is 118 cm³/mol. The molecule has 1 saturated carbocycles. The number of halogens is 3. The van der Waals surface area contributed by atoms with Crippen molar-refractivity contribution >= 4 is 11.0 Å². The van der Waals surface area contributed by atoms with Gasteiger partial charge in [0.15, 0.2) is 11.5 Å². The second kappa shape index (κ2) is 8.87. The van der Waals surface area contributed by atoms with E-state index in [1.165, 1.54) is 12.1 Å². The van der Waals surface area contributed by atoms with Gasteiger partial charge in [-0.1, -0.05) is 25.0 Å². The summed E-state index contributed by atoms with van der Waals surface area (Å²) in [5.41, 5.74) is -0.580. The minimum absolute atomic E-state index is 0.00444. The first-order valence-electron chi connectivity index (χ1n) is 11.3. The second-order valence-electron chi connectivity index (χ2n) is 8.45. The molecule has 180 valence electrons. The molecule has 1 aliphatic carbocycles. The van der Waals surface area contributed by atoms with Crippen LogP contribution in [0.4, 0.5) is 13.2 Å². The van der Waals surface area contributed by atoms with Gasteiger partial charge in [-0.25, -0.2) is 0 Å². The van der Waals surface area contributed by atoms with E-state index in [1.54, 1.807) is 31.2 Å². The number of fused-ring (bicyclic) bond motifs is 3. The van der Waals surface area contributed by atoms with Crippen LogP contribution in [0.2, 0.25) is 0 Å². The Bertz CT molecular complexity index is 1260. The van der Waals surface area contributed by atoms with Crippen LogP contribution in [0.25, 0.3) is 11.0 Å². The van der Waals surface area contributed by atoms with Crippen LogP contribution in [-0.4, -0.2) is 24.3 Å². The highest BCUT2D eigenvalue weighted by molar-refractivity contribution is 5.84. The third-order valence-electron chi connectivity index (χ3n) is 6.29. The molecule has 2 aliphatic rings. The Labute approximate surface area is 193 Å². The summed E-state index contributed by atoms with van der Waals surface area (Å²) in [7, 11) is 0. The molecule has 6 nitrogen and oxygen atoms in total. The number of hydrogen-bond acceptors (Lipinski definition) is 6. The average molecular weight is 475 g/mol. The molecule has 9 heteroatoms. The molecule has 5 rings (SSSR count). The number of ether oxygens (including phenoxy) is 3. The number of benzene rings is 2. The van der Waals surface area contributed by atoms with Gasteiger partial charge in [0.05, 0.1) is 17.6 Å². The molecule has 1 fully saturated rings. The number of nitrogens with zero attached hydrogens (tertiary/aromatic N) is 1. The minimum atomic E-state index is -4.95. The molecule has 34 heavy (non-hydrogen) atoms. The van der Waals surface area contributed by atoms with Crippen molar-refractivity contribution in [1.29, 1.82) is 0 Å². The Hall–Kier alpha value is -3.20. The van der Waals surface area contributed by atoms with Gasteiger partial charge in [0.1, 0.15) is 18.1 Å². The summed E-state index contributed by atoms with van der Waals surface area (Å²) in [4.78, 5) is 15.4. The van der Waals surface area contributed by atoms with E-state index in [9.17, 15) is 18.0 Å². The van der Waals surface area contributed by atoms with Crippen LogP contribution >= 0.6 is 0 Å².